The molecule has 0 spiro atoms. The van der Waals surface area contributed by atoms with Gasteiger partial charge < -0.3 is 10.5 Å². The Kier molecular flexibility index (Phi) is 7.47. The van der Waals surface area contributed by atoms with Crippen LogP contribution in [0.5, 0.6) is 5.75 Å². The van der Waals surface area contributed by atoms with Crippen molar-refractivity contribution in [1.29, 1.82) is 0 Å². The van der Waals surface area contributed by atoms with Crippen LogP contribution in [0.2, 0.25) is 0 Å². The lowest BCUT2D eigenvalue weighted by molar-refractivity contribution is -0.253. The number of benzene rings is 3. The van der Waals surface area contributed by atoms with E-state index in [1.54, 1.807) is 24.3 Å². The fourth-order valence-electron chi connectivity index (χ4n) is 3.40. The highest BCUT2D eigenvalue weighted by molar-refractivity contribution is 9.10. The molecule has 188 valence electrons. The lowest BCUT2D eigenvalue weighted by Gasteiger charge is -2.32. The summed E-state index contributed by atoms with van der Waals surface area (Å²) in [6.45, 7) is 0. The first-order chi connectivity index (χ1) is 16.1. The van der Waals surface area contributed by atoms with Gasteiger partial charge in [-0.2, -0.15) is 30.7 Å². The second kappa shape index (κ2) is 9.73. The molecule has 1 atom stereocenters. The molecule has 0 amide bonds. The molecule has 0 aromatic heterocycles. The Morgan fingerprint density at radius 1 is 0.829 bits per heavy atom. The maximum Gasteiger partial charge on any atom is 0.461 e. The summed E-state index contributed by atoms with van der Waals surface area (Å²) in [7, 11) is 0. The van der Waals surface area contributed by atoms with Gasteiger partial charge in [0.2, 0.25) is 0 Å². The number of halogens is 10. The molecular formula is C23H15BrF9NO. The van der Waals surface area contributed by atoms with E-state index in [2.05, 4.69) is 20.7 Å². The number of hydrogen-bond acceptors (Lipinski definition) is 2. The molecule has 2 N–H and O–H groups in total. The zero-order chi connectivity index (χ0) is 26.2. The average molecular weight is 572 g/mol. The normalized spacial score (nSPS) is 14.2. The molecule has 3 aromatic rings. The molecule has 0 saturated carbocycles. The molecule has 0 saturated heterocycles. The zero-order valence-electron chi connectivity index (χ0n) is 17.3. The van der Waals surface area contributed by atoms with Crippen LogP contribution in [-0.4, -0.2) is 12.5 Å². The van der Waals surface area contributed by atoms with E-state index in [0.717, 1.165) is 18.2 Å². The number of hydrogen-bond donors (Lipinski definition) is 1. The van der Waals surface area contributed by atoms with Gasteiger partial charge in [-0.05, 0) is 59.5 Å². The van der Waals surface area contributed by atoms with Crippen LogP contribution >= 0.6 is 15.9 Å². The van der Waals surface area contributed by atoms with Gasteiger partial charge >= 0.3 is 18.7 Å². The van der Waals surface area contributed by atoms with E-state index in [0.29, 0.717) is 28.2 Å². The molecule has 0 radical (unpaired) electrons. The number of alkyl halides is 7. The zero-order valence-corrected chi connectivity index (χ0v) is 18.9. The van der Waals surface area contributed by atoms with Crippen LogP contribution in [0, 0.1) is 11.6 Å². The summed E-state index contributed by atoms with van der Waals surface area (Å²) in [6.07, 6.45) is -14.6. The monoisotopic (exact) mass is 571 g/mol. The van der Waals surface area contributed by atoms with Crippen LogP contribution in [-0.2, 0) is 18.1 Å². The van der Waals surface area contributed by atoms with Gasteiger partial charge in [0, 0.05) is 10.5 Å². The van der Waals surface area contributed by atoms with Gasteiger partial charge in [-0.25, -0.2) is 8.78 Å². The van der Waals surface area contributed by atoms with Crippen molar-refractivity contribution in [3.63, 3.8) is 0 Å². The Morgan fingerprint density at radius 2 is 1.46 bits per heavy atom. The third-order valence-electron chi connectivity index (χ3n) is 5.08. The topological polar surface area (TPSA) is 35.2 Å². The highest BCUT2D eigenvalue weighted by Gasteiger charge is 2.44. The lowest BCUT2D eigenvalue weighted by atomic mass is 9.78. The van der Waals surface area contributed by atoms with E-state index in [-0.39, 0.29) is 17.5 Å². The Morgan fingerprint density at radius 3 is 2.03 bits per heavy atom. The summed E-state index contributed by atoms with van der Waals surface area (Å²) in [6, 6.07) is 9.99. The first-order valence-corrected chi connectivity index (χ1v) is 10.5. The highest BCUT2D eigenvalue weighted by atomic mass is 79.9. The van der Waals surface area contributed by atoms with Crippen molar-refractivity contribution < 1.29 is 44.3 Å². The standard InChI is InChI=1S/C23H15BrF9NO/c24-15-4-1-12(2-5-15)11-21(34,13-3-6-19(26)18(9-13)22(29,30)31)14-7-16(25)10-17(8-14)35-23(32,33)20(27)28/h1-10,20H,11,34H2/t21-/m1/s1. The Labute approximate surface area is 201 Å². The summed E-state index contributed by atoms with van der Waals surface area (Å²) in [4.78, 5) is 0. The van der Waals surface area contributed by atoms with Crippen LogP contribution in [0.4, 0.5) is 39.5 Å². The number of ether oxygens (including phenoxy) is 1. The molecule has 35 heavy (non-hydrogen) atoms. The lowest BCUT2D eigenvalue weighted by Crippen LogP contribution is -2.41. The second-order valence-electron chi connectivity index (χ2n) is 7.61. The highest BCUT2D eigenvalue weighted by Crippen LogP contribution is 2.39. The van der Waals surface area contributed by atoms with Gasteiger partial charge in [0.1, 0.15) is 17.4 Å². The van der Waals surface area contributed by atoms with E-state index >= 15 is 0 Å². The van der Waals surface area contributed by atoms with Crippen molar-refractivity contribution in [1.82, 2.24) is 0 Å². The predicted octanol–water partition coefficient (Wildman–Crippen LogP) is 7.43. The Hall–Kier alpha value is -2.73. The van der Waals surface area contributed by atoms with Gasteiger partial charge in [-0.1, -0.05) is 34.1 Å². The minimum Gasteiger partial charge on any atom is -0.428 e. The fourth-order valence-corrected chi connectivity index (χ4v) is 3.66. The minimum absolute atomic E-state index is 0.308. The Bertz CT molecular complexity index is 1200. The predicted molar refractivity (Wildman–Crippen MR) is 112 cm³/mol. The van der Waals surface area contributed by atoms with Crippen LogP contribution in [0.25, 0.3) is 0 Å². The second-order valence-corrected chi connectivity index (χ2v) is 8.52. The van der Waals surface area contributed by atoms with E-state index in [1.165, 1.54) is 0 Å². The van der Waals surface area contributed by atoms with Crippen LogP contribution in [0.15, 0.2) is 65.1 Å². The van der Waals surface area contributed by atoms with Gasteiger partial charge in [0.05, 0.1) is 11.1 Å². The first kappa shape index (κ1) is 26.9. The summed E-state index contributed by atoms with van der Waals surface area (Å²) in [5.74, 6) is -3.85. The quantitative estimate of drug-likeness (QED) is 0.299. The van der Waals surface area contributed by atoms with Crippen molar-refractivity contribution in [2.24, 2.45) is 5.73 Å². The third kappa shape index (κ3) is 6.10. The van der Waals surface area contributed by atoms with Crippen molar-refractivity contribution in [3.05, 3.63) is 99.0 Å². The molecule has 0 aliphatic carbocycles. The third-order valence-corrected chi connectivity index (χ3v) is 5.61. The summed E-state index contributed by atoms with van der Waals surface area (Å²) in [5, 5.41) is 0. The molecule has 3 rings (SSSR count). The van der Waals surface area contributed by atoms with Crippen LogP contribution in [0.3, 0.4) is 0 Å². The molecule has 0 unspecified atom stereocenters. The largest absolute Gasteiger partial charge is 0.461 e. The molecule has 0 fully saturated rings. The molecule has 3 aromatic carbocycles. The van der Waals surface area contributed by atoms with Gasteiger partial charge in [-0.15, -0.1) is 0 Å². The van der Waals surface area contributed by atoms with E-state index in [4.69, 9.17) is 5.73 Å². The number of nitrogens with two attached hydrogens (primary N) is 1. The Balaban J connectivity index is 2.21. The van der Waals surface area contributed by atoms with Crippen LogP contribution in [0.1, 0.15) is 22.3 Å². The van der Waals surface area contributed by atoms with E-state index in [1.807, 2.05) is 0 Å². The van der Waals surface area contributed by atoms with Crippen molar-refractivity contribution in [3.8, 4) is 5.75 Å². The smallest absolute Gasteiger partial charge is 0.428 e. The molecule has 2 nitrogen and oxygen atoms in total. The molecule has 0 heterocycles. The average Bonchev–Trinajstić information content (AvgIpc) is 2.74. The minimum atomic E-state index is -5.10. The molecule has 0 bridgehead atoms. The molecular weight excluding hydrogens is 557 g/mol. The van der Waals surface area contributed by atoms with Crippen molar-refractivity contribution >= 4 is 15.9 Å². The van der Waals surface area contributed by atoms with Crippen molar-refractivity contribution in [2.75, 3.05) is 0 Å². The SMILES string of the molecule is N[C@@](Cc1ccc(Br)cc1)(c1cc(F)cc(OC(F)(F)C(F)F)c1)c1ccc(F)c(C(F)(F)F)c1. The van der Waals surface area contributed by atoms with E-state index < -0.39 is 47.2 Å². The van der Waals surface area contributed by atoms with Gasteiger partial charge in [-0.3, -0.25) is 0 Å². The summed E-state index contributed by atoms with van der Waals surface area (Å²) < 4.78 is 125. The molecule has 0 aliphatic rings. The maximum absolute atomic E-state index is 14.4. The maximum atomic E-state index is 14.4. The fraction of sp³-hybridized carbons (Fsp3) is 0.217. The van der Waals surface area contributed by atoms with Crippen molar-refractivity contribution in [2.45, 2.75) is 30.7 Å². The summed E-state index contributed by atoms with van der Waals surface area (Å²) in [5.41, 5.74) is 2.48. The van der Waals surface area contributed by atoms with Crippen LogP contribution < -0.4 is 10.5 Å². The summed E-state index contributed by atoms with van der Waals surface area (Å²) >= 11 is 3.22. The van der Waals surface area contributed by atoms with E-state index in [9.17, 15) is 39.5 Å². The molecule has 12 heteroatoms. The molecule has 0 aliphatic heterocycles. The number of rotatable bonds is 7. The first-order valence-electron chi connectivity index (χ1n) is 9.68. The van der Waals surface area contributed by atoms with Gasteiger partial charge in [0.15, 0.2) is 0 Å². The van der Waals surface area contributed by atoms with Gasteiger partial charge in [0.25, 0.3) is 0 Å².